The van der Waals surface area contributed by atoms with Gasteiger partial charge in [0.25, 0.3) is 5.56 Å². The summed E-state index contributed by atoms with van der Waals surface area (Å²) < 4.78 is 3.33. The Hall–Kier alpha value is -3.74. The first-order valence-electron chi connectivity index (χ1n) is 12.6. The van der Waals surface area contributed by atoms with Crippen LogP contribution in [0.4, 0.5) is 0 Å². The van der Waals surface area contributed by atoms with Gasteiger partial charge in [-0.1, -0.05) is 85.3 Å². The molecule has 1 unspecified atom stereocenters. The monoisotopic (exact) mass is 481 g/mol. The van der Waals surface area contributed by atoms with Crippen molar-refractivity contribution in [2.24, 2.45) is 0 Å². The minimum absolute atomic E-state index is 0.112. The SMILES string of the molecule is O=C(c1ccccc1)c1c(-c2ccccc2)n(CC(O)CN2CCCCC2)n(-c2ccccc2)c1=O. The second-order valence-electron chi connectivity index (χ2n) is 9.33. The number of benzene rings is 3. The van der Waals surface area contributed by atoms with Crippen LogP contribution in [0.5, 0.6) is 0 Å². The van der Waals surface area contributed by atoms with E-state index in [4.69, 9.17) is 0 Å². The quantitative estimate of drug-likeness (QED) is 0.379. The second-order valence-corrected chi connectivity index (χ2v) is 9.33. The summed E-state index contributed by atoms with van der Waals surface area (Å²) in [4.78, 5) is 30.0. The topological polar surface area (TPSA) is 67.5 Å². The van der Waals surface area contributed by atoms with Gasteiger partial charge in [0.1, 0.15) is 5.56 Å². The molecule has 6 nitrogen and oxygen atoms in total. The molecular weight excluding hydrogens is 450 g/mol. The van der Waals surface area contributed by atoms with Crippen molar-refractivity contribution in [3.63, 3.8) is 0 Å². The molecule has 0 saturated carbocycles. The number of β-amino-alcohol motifs (C(OH)–C–C–N with tert-alkyl or cyclic N) is 1. The van der Waals surface area contributed by atoms with E-state index in [1.54, 1.807) is 28.9 Å². The third kappa shape index (κ3) is 4.96. The van der Waals surface area contributed by atoms with E-state index in [0.29, 0.717) is 23.5 Å². The van der Waals surface area contributed by atoms with Crippen LogP contribution in [-0.4, -0.2) is 50.9 Å². The molecule has 1 aromatic heterocycles. The van der Waals surface area contributed by atoms with Gasteiger partial charge >= 0.3 is 0 Å². The largest absolute Gasteiger partial charge is 0.390 e. The number of rotatable bonds is 8. The molecule has 1 N–H and O–H groups in total. The summed E-state index contributed by atoms with van der Waals surface area (Å²) in [5.41, 5.74) is 2.11. The summed E-state index contributed by atoms with van der Waals surface area (Å²) in [5.74, 6) is -0.326. The van der Waals surface area contributed by atoms with E-state index in [0.717, 1.165) is 31.5 Å². The zero-order chi connectivity index (χ0) is 24.9. The van der Waals surface area contributed by atoms with Crippen molar-refractivity contribution in [2.75, 3.05) is 19.6 Å². The van der Waals surface area contributed by atoms with Gasteiger partial charge in [-0.3, -0.25) is 14.3 Å². The van der Waals surface area contributed by atoms with E-state index in [1.807, 2.05) is 66.7 Å². The van der Waals surface area contributed by atoms with Crippen molar-refractivity contribution in [1.82, 2.24) is 14.3 Å². The van der Waals surface area contributed by atoms with Crippen LogP contribution >= 0.6 is 0 Å². The highest BCUT2D eigenvalue weighted by molar-refractivity contribution is 6.12. The van der Waals surface area contributed by atoms with E-state index < -0.39 is 6.10 Å². The molecule has 4 aromatic rings. The van der Waals surface area contributed by atoms with Crippen LogP contribution in [0.25, 0.3) is 16.9 Å². The first kappa shape index (κ1) is 24.0. The summed E-state index contributed by atoms with van der Waals surface area (Å²) in [6.45, 7) is 2.65. The maximum absolute atomic E-state index is 14.0. The maximum Gasteiger partial charge on any atom is 0.283 e. The summed E-state index contributed by atoms with van der Waals surface area (Å²) in [6.07, 6.45) is 2.79. The third-order valence-electron chi connectivity index (χ3n) is 6.75. The highest BCUT2D eigenvalue weighted by Crippen LogP contribution is 2.27. The molecule has 1 fully saturated rings. The van der Waals surface area contributed by atoms with Gasteiger partial charge in [0, 0.05) is 17.7 Å². The van der Waals surface area contributed by atoms with Crippen LogP contribution in [0.3, 0.4) is 0 Å². The molecule has 5 rings (SSSR count). The highest BCUT2D eigenvalue weighted by Gasteiger charge is 2.29. The lowest BCUT2D eigenvalue weighted by atomic mass is 10.00. The van der Waals surface area contributed by atoms with Crippen molar-refractivity contribution in [1.29, 1.82) is 0 Å². The fraction of sp³-hybridized carbons (Fsp3) is 0.267. The average molecular weight is 482 g/mol. The summed E-state index contributed by atoms with van der Waals surface area (Å²) in [7, 11) is 0. The number of piperidine rings is 1. The molecule has 3 aromatic carbocycles. The molecule has 1 aliphatic rings. The van der Waals surface area contributed by atoms with Crippen molar-refractivity contribution < 1.29 is 9.90 Å². The first-order chi connectivity index (χ1) is 17.6. The van der Waals surface area contributed by atoms with E-state index in [-0.39, 0.29) is 23.5 Å². The number of likely N-dealkylation sites (tertiary alicyclic amines) is 1. The molecule has 0 spiro atoms. The van der Waals surface area contributed by atoms with Crippen LogP contribution in [-0.2, 0) is 6.54 Å². The number of hydrogen-bond donors (Lipinski definition) is 1. The molecule has 0 radical (unpaired) electrons. The molecule has 1 atom stereocenters. The number of aromatic nitrogens is 2. The van der Waals surface area contributed by atoms with Gasteiger partial charge in [-0.05, 0) is 38.1 Å². The predicted molar refractivity (Wildman–Crippen MR) is 142 cm³/mol. The minimum Gasteiger partial charge on any atom is -0.390 e. The number of hydrogen-bond acceptors (Lipinski definition) is 4. The van der Waals surface area contributed by atoms with Crippen LogP contribution in [0.15, 0.2) is 95.8 Å². The number of aliphatic hydroxyl groups is 1. The smallest absolute Gasteiger partial charge is 0.283 e. The van der Waals surface area contributed by atoms with Crippen LogP contribution in [0.1, 0.15) is 35.2 Å². The van der Waals surface area contributed by atoms with Gasteiger partial charge < -0.3 is 10.0 Å². The summed E-state index contributed by atoms with van der Waals surface area (Å²) in [6, 6.07) is 27.7. The van der Waals surface area contributed by atoms with Crippen LogP contribution < -0.4 is 5.56 Å². The Morgan fingerprint density at radius 1 is 0.778 bits per heavy atom. The molecule has 1 saturated heterocycles. The Kier molecular flexibility index (Phi) is 7.26. The number of nitrogens with zero attached hydrogens (tertiary/aromatic N) is 3. The Balaban J connectivity index is 1.68. The number of aliphatic hydroxyl groups excluding tert-OH is 1. The standard InChI is InChI=1S/C30H31N3O3/c34-26(21-31-19-11-4-12-20-31)22-32-28(23-13-5-1-6-14-23)27(29(35)24-15-7-2-8-16-24)30(36)33(32)25-17-9-3-10-18-25/h1-3,5-10,13-18,26,34H,4,11-12,19-22H2. The van der Waals surface area contributed by atoms with Crippen molar-refractivity contribution >= 4 is 5.78 Å². The Labute approximate surface area is 211 Å². The van der Waals surface area contributed by atoms with Crippen LogP contribution in [0, 0.1) is 0 Å². The van der Waals surface area contributed by atoms with Gasteiger partial charge in [0.05, 0.1) is 24.0 Å². The fourth-order valence-corrected chi connectivity index (χ4v) is 5.07. The summed E-state index contributed by atoms with van der Waals surface area (Å²) >= 11 is 0. The van der Waals surface area contributed by atoms with E-state index in [1.165, 1.54) is 11.1 Å². The van der Waals surface area contributed by atoms with Crippen LogP contribution in [0.2, 0.25) is 0 Å². The third-order valence-corrected chi connectivity index (χ3v) is 6.75. The Morgan fingerprint density at radius 2 is 1.36 bits per heavy atom. The highest BCUT2D eigenvalue weighted by atomic mass is 16.3. The fourth-order valence-electron chi connectivity index (χ4n) is 5.07. The molecule has 6 heteroatoms. The molecule has 0 aliphatic carbocycles. The van der Waals surface area contributed by atoms with Gasteiger partial charge in [0.2, 0.25) is 5.78 Å². The van der Waals surface area contributed by atoms with E-state index in [2.05, 4.69) is 4.90 Å². The molecular formula is C30H31N3O3. The van der Waals surface area contributed by atoms with Crippen molar-refractivity contribution in [3.05, 3.63) is 112 Å². The molecule has 0 bridgehead atoms. The zero-order valence-corrected chi connectivity index (χ0v) is 20.3. The van der Waals surface area contributed by atoms with Gasteiger partial charge in [-0.25, -0.2) is 4.68 Å². The maximum atomic E-state index is 14.0. The van der Waals surface area contributed by atoms with Crippen molar-refractivity contribution in [2.45, 2.75) is 31.9 Å². The lowest BCUT2D eigenvalue weighted by Crippen LogP contribution is -2.39. The molecule has 1 aliphatic heterocycles. The molecule has 2 heterocycles. The molecule has 36 heavy (non-hydrogen) atoms. The Morgan fingerprint density at radius 3 is 2.00 bits per heavy atom. The van der Waals surface area contributed by atoms with Crippen molar-refractivity contribution in [3.8, 4) is 16.9 Å². The number of carbonyl (C=O) groups excluding carboxylic acids is 1. The minimum atomic E-state index is -0.702. The molecule has 0 amide bonds. The number of ketones is 1. The lowest BCUT2D eigenvalue weighted by Gasteiger charge is -2.29. The Bertz CT molecular complexity index is 1360. The lowest BCUT2D eigenvalue weighted by molar-refractivity contribution is 0.0842. The average Bonchev–Trinajstić information content (AvgIpc) is 3.21. The molecule has 184 valence electrons. The first-order valence-corrected chi connectivity index (χ1v) is 12.6. The van der Waals surface area contributed by atoms with Gasteiger partial charge in [-0.2, -0.15) is 0 Å². The summed E-state index contributed by atoms with van der Waals surface area (Å²) in [5, 5.41) is 11.2. The van der Waals surface area contributed by atoms with Gasteiger partial charge in [0.15, 0.2) is 0 Å². The van der Waals surface area contributed by atoms with E-state index in [9.17, 15) is 14.7 Å². The number of carbonyl (C=O) groups is 1. The predicted octanol–water partition coefficient (Wildman–Crippen LogP) is 4.38. The zero-order valence-electron chi connectivity index (χ0n) is 20.3. The van der Waals surface area contributed by atoms with E-state index >= 15 is 0 Å². The second kappa shape index (κ2) is 10.9. The normalized spacial score (nSPS) is 15.0. The number of para-hydroxylation sites is 1. The van der Waals surface area contributed by atoms with Gasteiger partial charge in [-0.15, -0.1) is 0 Å².